The summed E-state index contributed by atoms with van der Waals surface area (Å²) < 4.78 is 0. The van der Waals surface area contributed by atoms with Crippen molar-refractivity contribution in [2.75, 3.05) is 31.6 Å². The molecule has 2 N–H and O–H groups in total. The molecule has 2 aromatic carbocycles. The van der Waals surface area contributed by atoms with Crippen LogP contribution in [-0.2, 0) is 0 Å². The third kappa shape index (κ3) is 4.53. The Kier molecular flexibility index (Phi) is 6.16. The van der Waals surface area contributed by atoms with Crippen molar-refractivity contribution in [2.24, 2.45) is 5.92 Å². The van der Waals surface area contributed by atoms with Crippen molar-refractivity contribution in [3.63, 3.8) is 0 Å². The van der Waals surface area contributed by atoms with Gasteiger partial charge in [-0.2, -0.15) is 0 Å². The van der Waals surface area contributed by atoms with E-state index in [0.29, 0.717) is 12.5 Å². The molecule has 2 aliphatic heterocycles. The number of benzene rings is 2. The van der Waals surface area contributed by atoms with Gasteiger partial charge in [0.1, 0.15) is 0 Å². The SMILES string of the molecule is O=C(Nc1ccccc1)N1CCCCN2[C@H](C1)[C@@H](c1ccc(C#CC3CC3)cc1)[C@@H]2CO. The monoisotopic (exact) mass is 429 g/mol. The lowest BCUT2D eigenvalue weighted by molar-refractivity contribution is -0.0585. The van der Waals surface area contributed by atoms with Gasteiger partial charge in [0.2, 0.25) is 0 Å². The molecule has 0 radical (unpaired) electrons. The fourth-order valence-electron chi connectivity index (χ4n) is 5.05. The third-order valence-electron chi connectivity index (χ3n) is 6.98. The van der Waals surface area contributed by atoms with E-state index in [-0.39, 0.29) is 30.6 Å². The number of anilines is 1. The van der Waals surface area contributed by atoms with Crippen LogP contribution in [-0.4, -0.2) is 59.3 Å². The Balaban J connectivity index is 1.32. The van der Waals surface area contributed by atoms with Gasteiger partial charge in [-0.1, -0.05) is 42.2 Å². The fourth-order valence-corrected chi connectivity index (χ4v) is 5.05. The van der Waals surface area contributed by atoms with Crippen LogP contribution in [0.2, 0.25) is 0 Å². The summed E-state index contributed by atoms with van der Waals surface area (Å²) in [5, 5.41) is 13.2. The number of para-hydroxylation sites is 1. The Morgan fingerprint density at radius 2 is 1.78 bits per heavy atom. The second kappa shape index (κ2) is 9.36. The van der Waals surface area contributed by atoms with E-state index in [1.165, 1.54) is 18.4 Å². The lowest BCUT2D eigenvalue weighted by atomic mass is 9.74. The molecule has 5 heteroatoms. The van der Waals surface area contributed by atoms with Crippen LogP contribution in [0.4, 0.5) is 10.5 Å². The van der Waals surface area contributed by atoms with Gasteiger partial charge in [-0.25, -0.2) is 4.79 Å². The number of amides is 2. The molecule has 0 aromatic heterocycles. The van der Waals surface area contributed by atoms with Crippen LogP contribution in [0.15, 0.2) is 54.6 Å². The van der Waals surface area contributed by atoms with Crippen LogP contribution in [0.5, 0.6) is 0 Å². The predicted octanol–water partition coefficient (Wildman–Crippen LogP) is 3.90. The topological polar surface area (TPSA) is 55.8 Å². The van der Waals surface area contributed by atoms with Gasteiger partial charge in [0.05, 0.1) is 6.61 Å². The summed E-state index contributed by atoms with van der Waals surface area (Å²) in [6.07, 6.45) is 4.47. The Morgan fingerprint density at radius 3 is 2.50 bits per heavy atom. The number of carbonyl (C=O) groups is 1. The molecule has 1 saturated carbocycles. The minimum atomic E-state index is -0.0463. The van der Waals surface area contributed by atoms with E-state index in [9.17, 15) is 9.90 Å². The van der Waals surface area contributed by atoms with Gasteiger partial charge >= 0.3 is 6.03 Å². The number of aliphatic hydroxyl groups is 1. The van der Waals surface area contributed by atoms with Gasteiger partial charge in [0.15, 0.2) is 0 Å². The quantitative estimate of drug-likeness (QED) is 0.728. The number of urea groups is 1. The first-order chi connectivity index (χ1) is 15.7. The molecule has 3 fully saturated rings. The van der Waals surface area contributed by atoms with Gasteiger partial charge in [0.25, 0.3) is 0 Å². The molecular weight excluding hydrogens is 398 g/mol. The van der Waals surface area contributed by atoms with Crippen LogP contribution < -0.4 is 5.32 Å². The maximum Gasteiger partial charge on any atom is 0.321 e. The van der Waals surface area contributed by atoms with E-state index in [4.69, 9.17) is 0 Å². The lowest BCUT2D eigenvalue weighted by Gasteiger charge is -2.57. The molecule has 2 amide bonds. The average Bonchev–Trinajstić information content (AvgIpc) is 3.63. The highest BCUT2D eigenvalue weighted by Gasteiger charge is 2.49. The van der Waals surface area contributed by atoms with Crippen LogP contribution in [0.3, 0.4) is 0 Å². The molecule has 3 atom stereocenters. The molecule has 32 heavy (non-hydrogen) atoms. The molecule has 166 valence electrons. The molecule has 2 aromatic rings. The fraction of sp³-hybridized carbons (Fsp3) is 0.444. The first-order valence-electron chi connectivity index (χ1n) is 11.8. The van der Waals surface area contributed by atoms with Crippen LogP contribution in [0.25, 0.3) is 0 Å². The average molecular weight is 430 g/mol. The second-order valence-corrected chi connectivity index (χ2v) is 9.20. The van der Waals surface area contributed by atoms with Crippen molar-refractivity contribution in [3.05, 3.63) is 65.7 Å². The minimum Gasteiger partial charge on any atom is -0.395 e. The summed E-state index contributed by atoms with van der Waals surface area (Å²) in [5.41, 5.74) is 3.10. The number of aliphatic hydroxyl groups excluding tert-OH is 1. The van der Waals surface area contributed by atoms with Gasteiger partial charge < -0.3 is 15.3 Å². The highest BCUT2D eigenvalue weighted by Crippen LogP contribution is 2.42. The number of fused-ring (bicyclic) bond motifs is 1. The third-order valence-corrected chi connectivity index (χ3v) is 6.98. The van der Waals surface area contributed by atoms with E-state index < -0.39 is 0 Å². The van der Waals surface area contributed by atoms with Crippen LogP contribution in [0.1, 0.15) is 42.7 Å². The molecule has 0 bridgehead atoms. The molecule has 0 spiro atoms. The molecule has 2 heterocycles. The zero-order valence-corrected chi connectivity index (χ0v) is 18.4. The summed E-state index contributed by atoms with van der Waals surface area (Å²) in [4.78, 5) is 17.4. The summed E-state index contributed by atoms with van der Waals surface area (Å²) in [7, 11) is 0. The van der Waals surface area contributed by atoms with Crippen molar-refractivity contribution in [1.82, 2.24) is 9.80 Å². The van der Waals surface area contributed by atoms with Crippen molar-refractivity contribution in [2.45, 2.75) is 43.7 Å². The smallest absolute Gasteiger partial charge is 0.321 e. The minimum absolute atomic E-state index is 0.0463. The maximum atomic E-state index is 13.0. The molecule has 5 nitrogen and oxygen atoms in total. The van der Waals surface area contributed by atoms with Gasteiger partial charge in [-0.05, 0) is 62.1 Å². The Bertz CT molecular complexity index is 991. The van der Waals surface area contributed by atoms with E-state index in [2.05, 4.69) is 46.3 Å². The first kappa shape index (κ1) is 21.1. The van der Waals surface area contributed by atoms with Gasteiger partial charge in [-0.15, -0.1) is 0 Å². The maximum absolute atomic E-state index is 13.0. The molecule has 2 saturated heterocycles. The standard InChI is InChI=1S/C27H31N3O2/c31-19-25-26(22-14-12-21(13-15-22)11-10-20-8-9-20)24-18-29(16-4-5-17-30(24)25)27(32)28-23-6-2-1-3-7-23/h1-3,6-7,12-15,20,24-26,31H,4-5,8-9,16-19H2,(H,28,32)/t24-,25+,26-/m1/s1. The number of rotatable bonds is 3. The van der Waals surface area contributed by atoms with Gasteiger partial charge in [0, 0.05) is 48.3 Å². The second-order valence-electron chi connectivity index (χ2n) is 9.20. The van der Waals surface area contributed by atoms with E-state index in [1.54, 1.807) is 0 Å². The van der Waals surface area contributed by atoms with Gasteiger partial charge in [-0.3, -0.25) is 4.90 Å². The Hall–Kier alpha value is -2.81. The highest BCUT2D eigenvalue weighted by atomic mass is 16.3. The number of nitrogens with zero attached hydrogens (tertiary/aromatic N) is 2. The number of nitrogens with one attached hydrogen (secondary N) is 1. The molecule has 1 aliphatic carbocycles. The lowest BCUT2D eigenvalue weighted by Crippen LogP contribution is -2.68. The van der Waals surface area contributed by atoms with Crippen molar-refractivity contribution in [1.29, 1.82) is 0 Å². The zero-order chi connectivity index (χ0) is 21.9. The summed E-state index contributed by atoms with van der Waals surface area (Å²) in [6.45, 7) is 2.55. The largest absolute Gasteiger partial charge is 0.395 e. The van der Waals surface area contributed by atoms with Crippen LogP contribution in [0, 0.1) is 17.8 Å². The number of carbonyl (C=O) groups excluding carboxylic acids is 1. The van der Waals surface area contributed by atoms with E-state index in [0.717, 1.165) is 37.2 Å². The molecule has 5 rings (SSSR count). The molecule has 0 unspecified atom stereocenters. The summed E-state index contributed by atoms with van der Waals surface area (Å²) in [5.74, 6) is 7.41. The van der Waals surface area contributed by atoms with E-state index >= 15 is 0 Å². The number of hydrogen-bond donors (Lipinski definition) is 2. The zero-order valence-electron chi connectivity index (χ0n) is 18.4. The first-order valence-corrected chi connectivity index (χ1v) is 11.8. The molecule has 3 aliphatic rings. The van der Waals surface area contributed by atoms with E-state index in [1.807, 2.05) is 35.2 Å². The summed E-state index contributed by atoms with van der Waals surface area (Å²) in [6, 6.07) is 18.4. The van der Waals surface area contributed by atoms with Crippen molar-refractivity contribution >= 4 is 11.7 Å². The number of hydrogen-bond acceptors (Lipinski definition) is 3. The van der Waals surface area contributed by atoms with Crippen molar-refractivity contribution in [3.8, 4) is 11.8 Å². The summed E-state index contributed by atoms with van der Waals surface area (Å²) >= 11 is 0. The molecular formula is C27H31N3O2. The normalized spacial score (nSPS) is 25.4. The van der Waals surface area contributed by atoms with Crippen LogP contribution >= 0.6 is 0 Å². The Labute approximate surface area is 190 Å². The highest BCUT2D eigenvalue weighted by molar-refractivity contribution is 5.89. The predicted molar refractivity (Wildman–Crippen MR) is 126 cm³/mol. The Morgan fingerprint density at radius 1 is 1.03 bits per heavy atom. The van der Waals surface area contributed by atoms with Crippen molar-refractivity contribution < 1.29 is 9.90 Å².